The van der Waals surface area contributed by atoms with E-state index in [4.69, 9.17) is 14.8 Å². The number of hydrogen-bond acceptors (Lipinski definition) is 6. The molecule has 1 amide bonds. The first-order valence-corrected chi connectivity index (χ1v) is 12.8. The molecule has 0 radical (unpaired) electrons. The Balaban J connectivity index is 1.35. The fraction of sp³-hybridized carbons (Fsp3) is 0.615. The van der Waals surface area contributed by atoms with E-state index < -0.39 is 5.60 Å². The minimum atomic E-state index is -0.462. The summed E-state index contributed by atoms with van der Waals surface area (Å²) in [5, 5.41) is 13.4. The number of hydrogen-bond donors (Lipinski definition) is 1. The monoisotopic (exact) mass is 481 g/mol. The van der Waals surface area contributed by atoms with Crippen molar-refractivity contribution in [3.05, 3.63) is 34.9 Å². The molecule has 190 valence electrons. The molecule has 0 unspecified atom stereocenters. The molecule has 3 aromatic rings. The fourth-order valence-corrected chi connectivity index (χ4v) is 4.77. The lowest BCUT2D eigenvalue weighted by molar-refractivity contribution is 0.0527. The highest BCUT2D eigenvalue weighted by Gasteiger charge is 2.25. The molecule has 0 saturated carbocycles. The van der Waals surface area contributed by atoms with E-state index in [1.165, 1.54) is 16.9 Å². The first-order valence-electron chi connectivity index (χ1n) is 12.8. The van der Waals surface area contributed by atoms with Crippen LogP contribution in [0.5, 0.6) is 0 Å². The third-order valence-electron chi connectivity index (χ3n) is 6.41. The van der Waals surface area contributed by atoms with Gasteiger partial charge in [-0.15, -0.1) is 0 Å². The lowest BCUT2D eigenvalue weighted by Gasteiger charge is -2.30. The van der Waals surface area contributed by atoms with Crippen molar-refractivity contribution in [3.8, 4) is 0 Å². The Bertz CT molecular complexity index is 1190. The smallest absolute Gasteiger partial charge is 0.407 e. The summed E-state index contributed by atoms with van der Waals surface area (Å²) in [4.78, 5) is 18.9. The number of amides is 1. The molecule has 0 aliphatic carbocycles. The predicted molar refractivity (Wildman–Crippen MR) is 138 cm³/mol. The van der Waals surface area contributed by atoms with Gasteiger partial charge in [-0.05, 0) is 66.9 Å². The summed E-state index contributed by atoms with van der Waals surface area (Å²) < 4.78 is 9.45. The molecule has 4 rings (SSSR count). The summed E-state index contributed by atoms with van der Waals surface area (Å²) in [5.74, 6) is 0. The number of ether oxygens (including phenoxy) is 1. The van der Waals surface area contributed by atoms with Crippen LogP contribution < -0.4 is 10.2 Å². The molecule has 9 heteroatoms. The number of aromatic nitrogens is 5. The fourth-order valence-electron chi connectivity index (χ4n) is 4.77. The number of unbranched alkanes of at least 4 members (excludes halogenated alkanes) is 2. The minimum Gasteiger partial charge on any atom is -0.444 e. The maximum absolute atomic E-state index is 11.8. The van der Waals surface area contributed by atoms with Crippen LogP contribution in [0.15, 0.2) is 12.3 Å². The molecule has 1 aliphatic rings. The molecule has 1 aliphatic heterocycles. The molecule has 1 N–H and O–H groups in total. The molecule has 4 heterocycles. The number of pyridine rings is 1. The van der Waals surface area contributed by atoms with Gasteiger partial charge in [-0.1, -0.05) is 0 Å². The van der Waals surface area contributed by atoms with Crippen molar-refractivity contribution in [2.45, 2.75) is 92.5 Å². The lowest BCUT2D eigenvalue weighted by atomic mass is 10.0. The van der Waals surface area contributed by atoms with Gasteiger partial charge in [0.25, 0.3) is 0 Å². The zero-order chi connectivity index (χ0) is 25.2. The van der Waals surface area contributed by atoms with Crippen molar-refractivity contribution in [2.24, 2.45) is 0 Å². The second-order valence-electron chi connectivity index (χ2n) is 10.4. The van der Waals surface area contributed by atoms with Crippen LogP contribution in [0, 0.1) is 13.8 Å². The number of fused-ring (bicyclic) bond motifs is 2. The predicted octanol–water partition coefficient (Wildman–Crippen LogP) is 4.52. The molecule has 0 aromatic carbocycles. The summed E-state index contributed by atoms with van der Waals surface area (Å²) in [6, 6.07) is 2.18. The molecule has 3 aromatic heterocycles. The molecule has 0 saturated heterocycles. The van der Waals surface area contributed by atoms with Gasteiger partial charge in [-0.2, -0.15) is 10.2 Å². The molecular formula is C26H39N7O2. The third kappa shape index (κ3) is 5.77. The number of nitrogens with one attached hydrogen (secondary N) is 1. The first kappa shape index (κ1) is 25.0. The van der Waals surface area contributed by atoms with Gasteiger partial charge < -0.3 is 15.0 Å². The number of carbonyl (C=O) groups excluding carboxylic acids is 1. The zero-order valence-corrected chi connectivity index (χ0v) is 22.0. The highest BCUT2D eigenvalue weighted by molar-refractivity contribution is 5.89. The van der Waals surface area contributed by atoms with Crippen LogP contribution in [-0.4, -0.2) is 49.3 Å². The number of aryl methyl sites for hydroxylation is 4. The van der Waals surface area contributed by atoms with Crippen LogP contribution in [0.3, 0.4) is 0 Å². The van der Waals surface area contributed by atoms with Gasteiger partial charge in [0.1, 0.15) is 5.60 Å². The summed E-state index contributed by atoms with van der Waals surface area (Å²) in [5.41, 5.74) is 6.54. The summed E-state index contributed by atoms with van der Waals surface area (Å²) in [6.45, 7) is 16.0. The largest absolute Gasteiger partial charge is 0.444 e. The number of carbonyl (C=O) groups is 1. The number of alkyl carbamates (subject to hydrolysis) is 1. The van der Waals surface area contributed by atoms with E-state index in [2.05, 4.69) is 46.8 Å². The van der Waals surface area contributed by atoms with Crippen LogP contribution in [0.1, 0.15) is 69.6 Å². The van der Waals surface area contributed by atoms with Gasteiger partial charge in [-0.25, -0.2) is 14.5 Å². The first-order chi connectivity index (χ1) is 16.7. The highest BCUT2D eigenvalue weighted by Crippen LogP contribution is 2.32. The van der Waals surface area contributed by atoms with Crippen molar-refractivity contribution >= 4 is 22.8 Å². The summed E-state index contributed by atoms with van der Waals surface area (Å²) >= 11 is 0. The van der Waals surface area contributed by atoms with Crippen molar-refractivity contribution < 1.29 is 9.53 Å². The van der Waals surface area contributed by atoms with E-state index >= 15 is 0 Å². The Hall–Kier alpha value is -3.10. The SMILES string of the molecule is CCn1ncc2c(N3CCc4c(c(C)nn4CCCCCNC(=O)OC(C)(C)C)C3)cc(C)nc21. The molecule has 9 nitrogen and oxygen atoms in total. The Morgan fingerprint density at radius 1 is 1.17 bits per heavy atom. The topological polar surface area (TPSA) is 90.1 Å². The Morgan fingerprint density at radius 3 is 2.71 bits per heavy atom. The second-order valence-corrected chi connectivity index (χ2v) is 10.4. The lowest BCUT2D eigenvalue weighted by Crippen LogP contribution is -2.33. The van der Waals surface area contributed by atoms with E-state index in [-0.39, 0.29) is 6.09 Å². The second kappa shape index (κ2) is 10.3. The number of rotatable bonds is 8. The molecule has 35 heavy (non-hydrogen) atoms. The van der Waals surface area contributed by atoms with Gasteiger partial charge in [0.05, 0.1) is 23.0 Å². The standard InChI is InChI=1S/C26H39N7O2/c1-7-32-24-20(16-28-32)23(15-18(2)29-24)31-14-11-22-21(17-31)19(3)30-33(22)13-10-8-9-12-27-25(34)35-26(4,5)6/h15-16H,7-14,17H2,1-6H3,(H,27,34). The van der Waals surface area contributed by atoms with Crippen LogP contribution in [0.4, 0.5) is 10.5 Å². The van der Waals surface area contributed by atoms with Crippen molar-refractivity contribution in [3.63, 3.8) is 0 Å². The van der Waals surface area contributed by atoms with E-state index in [1.807, 2.05) is 31.6 Å². The average molecular weight is 482 g/mol. The van der Waals surface area contributed by atoms with Gasteiger partial charge in [-0.3, -0.25) is 4.68 Å². The van der Waals surface area contributed by atoms with Crippen molar-refractivity contribution in [2.75, 3.05) is 18.0 Å². The summed E-state index contributed by atoms with van der Waals surface area (Å²) in [6.07, 6.45) is 5.57. The van der Waals surface area contributed by atoms with Crippen molar-refractivity contribution in [1.82, 2.24) is 29.9 Å². The number of anilines is 1. The van der Waals surface area contributed by atoms with Gasteiger partial charge in [0, 0.05) is 56.1 Å². The van der Waals surface area contributed by atoms with Gasteiger partial charge in [0.15, 0.2) is 5.65 Å². The molecule has 0 atom stereocenters. The van der Waals surface area contributed by atoms with Crippen molar-refractivity contribution in [1.29, 1.82) is 0 Å². The van der Waals surface area contributed by atoms with E-state index in [0.29, 0.717) is 6.54 Å². The maximum atomic E-state index is 11.8. The van der Waals surface area contributed by atoms with E-state index in [1.54, 1.807) is 0 Å². The average Bonchev–Trinajstić information content (AvgIpc) is 3.34. The van der Waals surface area contributed by atoms with Gasteiger partial charge >= 0.3 is 6.09 Å². The Morgan fingerprint density at radius 2 is 1.97 bits per heavy atom. The molecule has 0 fully saturated rings. The van der Waals surface area contributed by atoms with Crippen LogP contribution in [0.25, 0.3) is 11.0 Å². The minimum absolute atomic E-state index is 0.345. The maximum Gasteiger partial charge on any atom is 0.407 e. The quantitative estimate of drug-likeness (QED) is 0.476. The third-order valence-corrected chi connectivity index (χ3v) is 6.41. The number of nitrogens with zero attached hydrogens (tertiary/aromatic N) is 6. The molecule has 0 bridgehead atoms. The van der Waals surface area contributed by atoms with Gasteiger partial charge in [0.2, 0.25) is 0 Å². The van der Waals surface area contributed by atoms with E-state index in [9.17, 15) is 4.79 Å². The molecule has 0 spiro atoms. The Kier molecular flexibility index (Phi) is 7.33. The summed E-state index contributed by atoms with van der Waals surface area (Å²) in [7, 11) is 0. The molecular weight excluding hydrogens is 442 g/mol. The normalized spacial score (nSPS) is 13.8. The highest BCUT2D eigenvalue weighted by atomic mass is 16.6. The van der Waals surface area contributed by atoms with Crippen LogP contribution in [0.2, 0.25) is 0 Å². The zero-order valence-electron chi connectivity index (χ0n) is 22.0. The van der Waals surface area contributed by atoms with E-state index in [0.717, 1.165) is 74.3 Å². The van der Waals surface area contributed by atoms with Crippen LogP contribution >= 0.6 is 0 Å². The van der Waals surface area contributed by atoms with Crippen LogP contribution in [-0.2, 0) is 30.8 Å². The Labute approximate surface area is 207 Å².